The van der Waals surface area contributed by atoms with Crippen LogP contribution in [-0.4, -0.2) is 54.3 Å². The molecule has 180 valence electrons. The van der Waals surface area contributed by atoms with E-state index in [0.717, 1.165) is 56.9 Å². The second kappa shape index (κ2) is 12.9. The maximum Gasteiger partial charge on any atom is 0.222 e. The van der Waals surface area contributed by atoms with Crippen LogP contribution in [-0.2, 0) is 17.6 Å². The van der Waals surface area contributed by atoms with Crippen molar-refractivity contribution in [3.8, 4) is 5.75 Å². The van der Waals surface area contributed by atoms with Gasteiger partial charge in [0, 0.05) is 56.3 Å². The van der Waals surface area contributed by atoms with E-state index >= 15 is 0 Å². The van der Waals surface area contributed by atoms with Gasteiger partial charge in [0.15, 0.2) is 0 Å². The zero-order valence-corrected chi connectivity index (χ0v) is 21.1. The summed E-state index contributed by atoms with van der Waals surface area (Å²) in [5.74, 6) is 1.62. The molecule has 1 saturated heterocycles. The Hall–Kier alpha value is -2.34. The molecule has 1 aromatic heterocycles. The Labute approximate surface area is 212 Å². The molecular formula is C28H33ClN2O2S. The third-order valence-corrected chi connectivity index (χ3v) is 7.55. The Bertz CT molecular complexity index is 1000. The maximum atomic E-state index is 12.9. The number of carbonyl (C=O) groups excluding carboxylic acids is 1. The summed E-state index contributed by atoms with van der Waals surface area (Å²) < 4.78 is 6.38. The Kier molecular flexibility index (Phi) is 9.43. The van der Waals surface area contributed by atoms with E-state index in [4.69, 9.17) is 16.3 Å². The van der Waals surface area contributed by atoms with Gasteiger partial charge in [-0.1, -0.05) is 54.6 Å². The molecule has 4 rings (SSSR count). The number of nitrogens with zero attached hydrogens (tertiary/aromatic N) is 2. The van der Waals surface area contributed by atoms with Gasteiger partial charge in [0.2, 0.25) is 5.91 Å². The van der Waals surface area contributed by atoms with Crippen molar-refractivity contribution in [2.45, 2.75) is 31.8 Å². The van der Waals surface area contributed by atoms with Crippen LogP contribution in [0.3, 0.4) is 0 Å². The minimum Gasteiger partial charge on any atom is -0.485 e. The lowest BCUT2D eigenvalue weighted by molar-refractivity contribution is -0.132. The number of aryl methyl sites for hydroxylation is 1. The normalized spacial score (nSPS) is 15.3. The highest BCUT2D eigenvalue weighted by molar-refractivity contribution is 7.10. The number of piperazine rings is 1. The van der Waals surface area contributed by atoms with Crippen LogP contribution in [0.1, 0.15) is 34.9 Å². The van der Waals surface area contributed by atoms with Crippen molar-refractivity contribution in [1.29, 1.82) is 0 Å². The summed E-state index contributed by atoms with van der Waals surface area (Å²) in [6.45, 7) is 4.55. The van der Waals surface area contributed by atoms with E-state index in [2.05, 4.69) is 52.7 Å². The average molecular weight is 497 g/mol. The predicted molar refractivity (Wildman–Crippen MR) is 141 cm³/mol. The van der Waals surface area contributed by atoms with Gasteiger partial charge in [0.05, 0.1) is 0 Å². The molecule has 2 aromatic carbocycles. The third-order valence-electron chi connectivity index (χ3n) is 6.37. The van der Waals surface area contributed by atoms with Crippen LogP contribution in [0, 0.1) is 0 Å². The number of ether oxygens (including phenoxy) is 1. The number of thiophene rings is 1. The van der Waals surface area contributed by atoms with Crippen LogP contribution >= 0.6 is 22.9 Å². The van der Waals surface area contributed by atoms with Crippen LogP contribution in [0.25, 0.3) is 0 Å². The number of benzene rings is 2. The highest BCUT2D eigenvalue weighted by Gasteiger charge is 2.21. The quantitative estimate of drug-likeness (QED) is 0.314. The Balaban J connectivity index is 1.26. The predicted octanol–water partition coefficient (Wildman–Crippen LogP) is 5.82. The second-order valence-electron chi connectivity index (χ2n) is 8.67. The first-order chi connectivity index (χ1) is 16.7. The number of rotatable bonds is 11. The molecule has 3 aromatic rings. The molecule has 0 bridgehead atoms. The molecule has 2 heterocycles. The molecule has 0 aliphatic carbocycles. The Morgan fingerprint density at radius 3 is 2.44 bits per heavy atom. The van der Waals surface area contributed by atoms with Gasteiger partial charge in [-0.3, -0.25) is 9.69 Å². The molecule has 0 N–H and O–H groups in total. The molecule has 1 aliphatic heterocycles. The van der Waals surface area contributed by atoms with Gasteiger partial charge in [0.25, 0.3) is 0 Å². The van der Waals surface area contributed by atoms with E-state index in [1.807, 2.05) is 29.2 Å². The smallest absolute Gasteiger partial charge is 0.222 e. The van der Waals surface area contributed by atoms with Gasteiger partial charge in [-0.25, -0.2) is 0 Å². The fraction of sp³-hybridized carbons (Fsp3) is 0.393. The van der Waals surface area contributed by atoms with Crippen LogP contribution in [0.15, 0.2) is 72.1 Å². The zero-order chi connectivity index (χ0) is 23.6. The molecular weight excluding hydrogens is 464 g/mol. The lowest BCUT2D eigenvalue weighted by atomic mass is 10.1. The number of halogens is 1. The number of para-hydroxylation sites is 1. The highest BCUT2D eigenvalue weighted by Crippen LogP contribution is 2.31. The summed E-state index contributed by atoms with van der Waals surface area (Å²) in [6.07, 6.45) is 2.94. The van der Waals surface area contributed by atoms with Crippen molar-refractivity contribution in [2.24, 2.45) is 0 Å². The molecule has 6 heteroatoms. The van der Waals surface area contributed by atoms with Crippen molar-refractivity contribution in [1.82, 2.24) is 9.80 Å². The van der Waals surface area contributed by atoms with E-state index in [9.17, 15) is 4.79 Å². The van der Waals surface area contributed by atoms with Crippen molar-refractivity contribution in [2.75, 3.05) is 38.6 Å². The van der Waals surface area contributed by atoms with Crippen LogP contribution in [0.5, 0.6) is 5.75 Å². The Morgan fingerprint density at radius 2 is 1.71 bits per heavy atom. The molecule has 1 atom stereocenters. The van der Waals surface area contributed by atoms with E-state index in [1.54, 1.807) is 11.3 Å². The first kappa shape index (κ1) is 24.8. The summed E-state index contributed by atoms with van der Waals surface area (Å²) in [7, 11) is 0. The number of hydrogen-bond acceptors (Lipinski definition) is 4. The summed E-state index contributed by atoms with van der Waals surface area (Å²) in [5.41, 5.74) is 2.45. The summed E-state index contributed by atoms with van der Waals surface area (Å²) >= 11 is 7.73. The Morgan fingerprint density at radius 1 is 0.941 bits per heavy atom. The van der Waals surface area contributed by atoms with E-state index in [-0.39, 0.29) is 12.0 Å². The van der Waals surface area contributed by atoms with E-state index in [1.165, 1.54) is 10.4 Å². The first-order valence-electron chi connectivity index (χ1n) is 12.1. The number of carbonyl (C=O) groups is 1. The minimum absolute atomic E-state index is 0.0571. The third kappa shape index (κ3) is 7.08. The molecule has 1 unspecified atom stereocenters. The molecule has 0 spiro atoms. The van der Waals surface area contributed by atoms with E-state index in [0.29, 0.717) is 18.7 Å². The molecule has 1 amide bonds. The van der Waals surface area contributed by atoms with Gasteiger partial charge >= 0.3 is 0 Å². The van der Waals surface area contributed by atoms with Crippen molar-refractivity contribution < 1.29 is 9.53 Å². The fourth-order valence-electron chi connectivity index (χ4n) is 4.36. The fourth-order valence-corrected chi connectivity index (χ4v) is 5.35. The van der Waals surface area contributed by atoms with Crippen LogP contribution in [0.2, 0.25) is 0 Å². The SMILES string of the molecule is O=C(CCc1ccccc1OC(CCCl)c1cccs1)N1CCN(CCc2ccccc2)CC1. The second-order valence-corrected chi connectivity index (χ2v) is 10.0. The lowest BCUT2D eigenvalue weighted by Gasteiger charge is -2.35. The van der Waals surface area contributed by atoms with Crippen molar-refractivity contribution in [3.63, 3.8) is 0 Å². The zero-order valence-electron chi connectivity index (χ0n) is 19.6. The first-order valence-corrected chi connectivity index (χ1v) is 13.5. The number of amides is 1. The van der Waals surface area contributed by atoms with Crippen molar-refractivity contribution >= 4 is 28.8 Å². The van der Waals surface area contributed by atoms with Gasteiger partial charge < -0.3 is 9.64 Å². The van der Waals surface area contributed by atoms with E-state index < -0.39 is 0 Å². The van der Waals surface area contributed by atoms with Gasteiger partial charge in [-0.05, 0) is 41.5 Å². The number of alkyl halides is 1. The largest absolute Gasteiger partial charge is 0.485 e. The van der Waals surface area contributed by atoms with Gasteiger partial charge in [-0.2, -0.15) is 0 Å². The highest BCUT2D eigenvalue weighted by atomic mass is 35.5. The average Bonchev–Trinajstić information content (AvgIpc) is 3.42. The van der Waals surface area contributed by atoms with Crippen molar-refractivity contribution in [3.05, 3.63) is 88.1 Å². The lowest BCUT2D eigenvalue weighted by Crippen LogP contribution is -2.49. The molecule has 0 saturated carbocycles. The van der Waals surface area contributed by atoms with Gasteiger partial charge in [0.1, 0.15) is 11.9 Å². The van der Waals surface area contributed by atoms with Crippen LogP contribution < -0.4 is 4.74 Å². The monoisotopic (exact) mass is 496 g/mol. The molecule has 34 heavy (non-hydrogen) atoms. The molecule has 1 fully saturated rings. The minimum atomic E-state index is -0.0571. The topological polar surface area (TPSA) is 32.8 Å². The standard InChI is InChI=1S/C28H33ClN2O2S/c29-16-14-26(27-11-6-22-34-27)33-25-10-5-4-9-24(25)12-13-28(32)31-20-18-30(19-21-31)17-15-23-7-2-1-3-8-23/h1-11,22,26H,12-21H2. The molecule has 1 aliphatic rings. The van der Waals surface area contributed by atoms with Gasteiger partial charge in [-0.15, -0.1) is 22.9 Å². The van der Waals surface area contributed by atoms with Crippen LogP contribution in [0.4, 0.5) is 0 Å². The summed E-state index contributed by atoms with van der Waals surface area (Å²) in [6, 6.07) is 22.8. The molecule has 4 nitrogen and oxygen atoms in total. The summed E-state index contributed by atoms with van der Waals surface area (Å²) in [4.78, 5) is 18.6. The molecule has 0 radical (unpaired) electrons. The number of hydrogen-bond donors (Lipinski definition) is 0. The maximum absolute atomic E-state index is 12.9. The summed E-state index contributed by atoms with van der Waals surface area (Å²) in [5, 5.41) is 2.06.